The normalized spacial score (nSPS) is 11.4. The van der Waals surface area contributed by atoms with Crippen LogP contribution in [0.3, 0.4) is 0 Å². The highest BCUT2D eigenvalue weighted by molar-refractivity contribution is 7.63. The highest BCUT2D eigenvalue weighted by atomic mass is 35.5. The number of nitrogens with one attached hydrogen (secondary N) is 1. The van der Waals surface area contributed by atoms with Gasteiger partial charge in [-0.05, 0) is 34.2 Å². The molecule has 5 nitrogen and oxygen atoms in total. The van der Waals surface area contributed by atoms with Crippen molar-refractivity contribution < 1.29 is 13.2 Å². The SMILES string of the molecule is Cc1nc2cc(F)c(-c3cnc(P(C)C)nc3)nc2c(NCc2cccc(F)c2F)c1Cl. The molecule has 0 bridgehead atoms. The van der Waals surface area contributed by atoms with E-state index in [1.54, 1.807) is 6.92 Å². The molecule has 164 valence electrons. The van der Waals surface area contributed by atoms with Gasteiger partial charge in [-0.3, -0.25) is 0 Å². The van der Waals surface area contributed by atoms with Crippen LogP contribution in [0.1, 0.15) is 11.3 Å². The number of rotatable bonds is 5. The van der Waals surface area contributed by atoms with Crippen LogP contribution < -0.4 is 10.9 Å². The zero-order valence-corrected chi connectivity index (χ0v) is 19.1. The van der Waals surface area contributed by atoms with E-state index in [4.69, 9.17) is 11.6 Å². The quantitative estimate of drug-likeness (QED) is 0.389. The molecule has 0 aliphatic heterocycles. The molecule has 3 heterocycles. The molecule has 4 rings (SSSR count). The van der Waals surface area contributed by atoms with Crippen LogP contribution in [0.15, 0.2) is 36.7 Å². The maximum atomic E-state index is 14.9. The van der Waals surface area contributed by atoms with E-state index in [1.165, 1.54) is 30.6 Å². The second-order valence-corrected chi connectivity index (χ2v) is 9.87. The zero-order valence-electron chi connectivity index (χ0n) is 17.4. The Morgan fingerprint density at radius 2 is 1.75 bits per heavy atom. The molecular weight excluding hydrogens is 458 g/mol. The molecule has 1 aromatic carbocycles. The van der Waals surface area contributed by atoms with Gasteiger partial charge in [0.15, 0.2) is 17.5 Å². The van der Waals surface area contributed by atoms with Crippen molar-refractivity contribution in [1.82, 2.24) is 19.9 Å². The lowest BCUT2D eigenvalue weighted by atomic mass is 10.1. The summed E-state index contributed by atoms with van der Waals surface area (Å²) in [5, 5.41) is 3.27. The average molecular weight is 476 g/mol. The van der Waals surface area contributed by atoms with Crippen LogP contribution >= 0.6 is 19.5 Å². The lowest BCUT2D eigenvalue weighted by Crippen LogP contribution is -2.10. The first kappa shape index (κ1) is 22.4. The third-order valence-electron chi connectivity index (χ3n) is 4.82. The van der Waals surface area contributed by atoms with Crippen molar-refractivity contribution in [3.63, 3.8) is 0 Å². The van der Waals surface area contributed by atoms with Crippen LogP contribution in [0.2, 0.25) is 5.02 Å². The summed E-state index contributed by atoms with van der Waals surface area (Å²) >= 11 is 6.45. The van der Waals surface area contributed by atoms with Crippen molar-refractivity contribution in [1.29, 1.82) is 0 Å². The van der Waals surface area contributed by atoms with Crippen LogP contribution in [-0.2, 0) is 6.54 Å². The van der Waals surface area contributed by atoms with E-state index in [1.807, 2.05) is 13.3 Å². The molecule has 0 radical (unpaired) electrons. The summed E-state index contributed by atoms with van der Waals surface area (Å²) in [6.45, 7) is 5.66. The third-order valence-corrected chi connectivity index (χ3v) is 6.31. The van der Waals surface area contributed by atoms with Gasteiger partial charge in [0.25, 0.3) is 0 Å². The molecule has 0 saturated heterocycles. The first-order valence-electron chi connectivity index (χ1n) is 9.59. The van der Waals surface area contributed by atoms with Gasteiger partial charge in [-0.25, -0.2) is 33.1 Å². The minimum absolute atomic E-state index is 0.0438. The van der Waals surface area contributed by atoms with Crippen LogP contribution in [0.4, 0.5) is 18.9 Å². The third kappa shape index (κ3) is 4.25. The number of hydrogen-bond acceptors (Lipinski definition) is 5. The van der Waals surface area contributed by atoms with E-state index < -0.39 is 25.4 Å². The van der Waals surface area contributed by atoms with Gasteiger partial charge in [-0.15, -0.1) is 0 Å². The van der Waals surface area contributed by atoms with Gasteiger partial charge in [0.2, 0.25) is 0 Å². The van der Waals surface area contributed by atoms with Crippen molar-refractivity contribution in [2.24, 2.45) is 0 Å². The minimum atomic E-state index is -0.949. The number of aryl methyl sites for hydroxylation is 1. The van der Waals surface area contributed by atoms with E-state index in [0.717, 1.165) is 6.07 Å². The predicted molar refractivity (Wildman–Crippen MR) is 122 cm³/mol. The highest BCUT2D eigenvalue weighted by Gasteiger charge is 2.18. The predicted octanol–water partition coefficient (Wildman–Crippen LogP) is 5.44. The van der Waals surface area contributed by atoms with E-state index in [2.05, 4.69) is 25.3 Å². The Labute approximate surface area is 188 Å². The second-order valence-electron chi connectivity index (χ2n) is 7.31. The lowest BCUT2D eigenvalue weighted by molar-refractivity contribution is 0.500. The Morgan fingerprint density at radius 1 is 1.03 bits per heavy atom. The Kier molecular flexibility index (Phi) is 6.26. The topological polar surface area (TPSA) is 63.6 Å². The van der Waals surface area contributed by atoms with Gasteiger partial charge < -0.3 is 5.32 Å². The maximum absolute atomic E-state index is 14.9. The molecule has 32 heavy (non-hydrogen) atoms. The Hall–Kier alpha value is -2.83. The van der Waals surface area contributed by atoms with Gasteiger partial charge in [0.1, 0.15) is 16.8 Å². The first-order chi connectivity index (χ1) is 15.3. The van der Waals surface area contributed by atoms with Crippen molar-refractivity contribution in [3.8, 4) is 11.3 Å². The van der Waals surface area contributed by atoms with Gasteiger partial charge in [-0.1, -0.05) is 23.7 Å². The van der Waals surface area contributed by atoms with Gasteiger partial charge >= 0.3 is 0 Å². The summed E-state index contributed by atoms with van der Waals surface area (Å²) in [6.07, 6.45) is 3.06. The van der Waals surface area contributed by atoms with Gasteiger partial charge in [0, 0.05) is 36.1 Å². The fourth-order valence-electron chi connectivity index (χ4n) is 3.17. The van der Waals surface area contributed by atoms with E-state index >= 15 is 0 Å². The van der Waals surface area contributed by atoms with E-state index in [0.29, 0.717) is 28.0 Å². The molecule has 0 aliphatic carbocycles. The number of benzene rings is 1. The summed E-state index contributed by atoms with van der Waals surface area (Å²) in [5.74, 6) is -2.48. The molecule has 10 heteroatoms. The van der Waals surface area contributed by atoms with Crippen molar-refractivity contribution in [2.75, 3.05) is 18.6 Å². The number of anilines is 1. The minimum Gasteiger partial charge on any atom is -0.378 e. The molecule has 0 spiro atoms. The number of nitrogens with zero attached hydrogens (tertiary/aromatic N) is 4. The summed E-state index contributed by atoms with van der Waals surface area (Å²) in [5.41, 5.74) is 2.63. The summed E-state index contributed by atoms with van der Waals surface area (Å²) in [6, 6.07) is 5.18. The number of aromatic nitrogens is 4. The first-order valence-corrected chi connectivity index (χ1v) is 12.2. The fourth-order valence-corrected chi connectivity index (χ4v) is 3.95. The van der Waals surface area contributed by atoms with Crippen LogP contribution in [-0.4, -0.2) is 33.3 Å². The largest absolute Gasteiger partial charge is 0.378 e. The maximum Gasteiger partial charge on any atom is 0.163 e. The number of hydrogen-bond donors (Lipinski definition) is 1. The van der Waals surface area contributed by atoms with Crippen LogP contribution in [0.25, 0.3) is 22.3 Å². The Morgan fingerprint density at radius 3 is 2.44 bits per heavy atom. The molecule has 0 aliphatic rings. The highest BCUT2D eigenvalue weighted by Crippen LogP contribution is 2.34. The molecule has 1 N–H and O–H groups in total. The van der Waals surface area contributed by atoms with E-state index in [9.17, 15) is 13.2 Å². The smallest absolute Gasteiger partial charge is 0.163 e. The van der Waals surface area contributed by atoms with Gasteiger partial charge in [-0.2, -0.15) is 0 Å². The van der Waals surface area contributed by atoms with Crippen molar-refractivity contribution in [2.45, 2.75) is 13.5 Å². The molecule has 0 unspecified atom stereocenters. The lowest BCUT2D eigenvalue weighted by Gasteiger charge is -2.15. The number of pyridine rings is 2. The summed E-state index contributed by atoms with van der Waals surface area (Å²) in [7, 11) is -0.489. The molecule has 4 aromatic rings. The number of fused-ring (bicyclic) bond motifs is 1. The van der Waals surface area contributed by atoms with Crippen LogP contribution in [0.5, 0.6) is 0 Å². The molecular formula is C22H18ClF3N5P. The molecule has 0 atom stereocenters. The molecule has 0 fully saturated rings. The zero-order chi connectivity index (χ0) is 23.0. The molecule has 0 saturated carbocycles. The Balaban J connectivity index is 1.80. The molecule has 3 aromatic heterocycles. The van der Waals surface area contributed by atoms with E-state index in [-0.39, 0.29) is 28.3 Å². The summed E-state index contributed by atoms with van der Waals surface area (Å²) in [4.78, 5) is 17.4. The number of halogens is 4. The van der Waals surface area contributed by atoms with Crippen molar-refractivity contribution >= 4 is 41.8 Å². The van der Waals surface area contributed by atoms with Crippen LogP contribution in [0, 0.1) is 24.4 Å². The van der Waals surface area contributed by atoms with Gasteiger partial charge in [0.05, 0.1) is 21.9 Å². The monoisotopic (exact) mass is 475 g/mol. The summed E-state index contributed by atoms with van der Waals surface area (Å²) < 4.78 is 42.5. The second kappa shape index (κ2) is 8.96. The Bertz CT molecular complexity index is 1320. The average Bonchev–Trinajstić information content (AvgIpc) is 2.77. The molecule has 0 amide bonds. The standard InChI is InChI=1S/C22H18ClF3N5P/c1-11-17(23)21(27-8-12-5-4-6-14(24)18(12)26)20-16(30-11)7-15(25)19(31-20)13-9-28-22(29-10-13)32(2)3/h4-7,9-10H,8H2,1-3H3,(H,27,30). The fraction of sp³-hybridized carbons (Fsp3) is 0.182. The van der Waals surface area contributed by atoms with Crippen molar-refractivity contribution in [3.05, 3.63) is 70.4 Å².